The molecule has 7 heteroatoms. The minimum atomic E-state index is -1.08. The Bertz CT molecular complexity index is 564. The van der Waals surface area contributed by atoms with Gasteiger partial charge in [0.15, 0.2) is 11.5 Å². The highest BCUT2D eigenvalue weighted by Gasteiger charge is 2.27. The van der Waals surface area contributed by atoms with Crippen molar-refractivity contribution in [3.8, 4) is 11.5 Å². The smallest absolute Gasteiger partial charge is 0.412 e. The van der Waals surface area contributed by atoms with Crippen molar-refractivity contribution in [3.63, 3.8) is 0 Å². The van der Waals surface area contributed by atoms with Gasteiger partial charge in [0.2, 0.25) is 0 Å². The van der Waals surface area contributed by atoms with Crippen molar-refractivity contribution in [1.82, 2.24) is 0 Å². The van der Waals surface area contributed by atoms with Crippen LogP contribution in [-0.2, 0) is 10.3 Å². The van der Waals surface area contributed by atoms with Crippen LogP contribution in [0.2, 0.25) is 0 Å². The normalized spacial score (nSPS) is 13.9. The first-order valence-electron chi connectivity index (χ1n) is 7.20. The zero-order valence-electron chi connectivity index (χ0n) is 14.5. The average Bonchev–Trinajstić information content (AvgIpc) is 2.44. The fraction of sp³-hybridized carbons (Fsp3) is 0.562. The number of aliphatic hydroxyl groups excluding tert-OH is 1. The van der Waals surface area contributed by atoms with Crippen LogP contribution in [-0.4, -0.2) is 37.6 Å². The second kappa shape index (κ2) is 7.06. The molecule has 0 saturated heterocycles. The largest absolute Gasteiger partial charge is 0.493 e. The molecule has 0 aliphatic rings. The van der Waals surface area contributed by atoms with Crippen molar-refractivity contribution < 1.29 is 24.1 Å². The van der Waals surface area contributed by atoms with Crippen LogP contribution in [0.15, 0.2) is 12.1 Å². The van der Waals surface area contributed by atoms with E-state index in [1.54, 1.807) is 39.8 Å². The second-order valence-corrected chi connectivity index (χ2v) is 6.46. The predicted octanol–water partition coefficient (Wildman–Crippen LogP) is 2.22. The fourth-order valence-corrected chi connectivity index (χ4v) is 1.95. The van der Waals surface area contributed by atoms with Gasteiger partial charge >= 0.3 is 6.09 Å². The van der Waals surface area contributed by atoms with Crippen LogP contribution < -0.4 is 20.5 Å². The Kier molecular flexibility index (Phi) is 5.85. The molecule has 0 saturated carbocycles. The molecule has 1 unspecified atom stereocenters. The number of ether oxygens (including phenoxy) is 3. The molecular weight excluding hydrogens is 300 g/mol. The lowest BCUT2D eigenvalue weighted by Gasteiger charge is -2.27. The second-order valence-electron chi connectivity index (χ2n) is 6.46. The first-order valence-corrected chi connectivity index (χ1v) is 7.20. The Morgan fingerprint density at radius 1 is 1.17 bits per heavy atom. The van der Waals surface area contributed by atoms with Gasteiger partial charge in [-0.3, -0.25) is 5.32 Å². The number of rotatable bonds is 5. The quantitative estimate of drug-likeness (QED) is 0.766. The van der Waals surface area contributed by atoms with Crippen molar-refractivity contribution in [2.24, 2.45) is 5.73 Å². The van der Waals surface area contributed by atoms with Crippen LogP contribution in [0, 0.1) is 0 Å². The molecule has 0 bridgehead atoms. The van der Waals surface area contributed by atoms with E-state index in [0.29, 0.717) is 22.7 Å². The number of nitrogens with one attached hydrogen (secondary N) is 1. The van der Waals surface area contributed by atoms with E-state index in [9.17, 15) is 9.90 Å². The van der Waals surface area contributed by atoms with Gasteiger partial charge in [-0.2, -0.15) is 0 Å². The number of nitrogens with two attached hydrogens (primary N) is 1. The number of amides is 1. The topological polar surface area (TPSA) is 103 Å². The van der Waals surface area contributed by atoms with E-state index in [1.165, 1.54) is 14.2 Å². The molecule has 0 radical (unpaired) electrons. The molecule has 1 aromatic carbocycles. The van der Waals surface area contributed by atoms with Crippen LogP contribution in [0.3, 0.4) is 0 Å². The number of hydrogen-bond acceptors (Lipinski definition) is 6. The van der Waals surface area contributed by atoms with Gasteiger partial charge in [0.25, 0.3) is 0 Å². The minimum absolute atomic E-state index is 0.314. The number of aliphatic hydroxyl groups is 1. The maximum Gasteiger partial charge on any atom is 0.412 e. The Morgan fingerprint density at radius 2 is 1.70 bits per heavy atom. The fourth-order valence-electron chi connectivity index (χ4n) is 1.95. The molecule has 4 N–H and O–H groups in total. The lowest BCUT2D eigenvalue weighted by Crippen LogP contribution is -2.38. The van der Waals surface area contributed by atoms with Gasteiger partial charge < -0.3 is 25.1 Å². The van der Waals surface area contributed by atoms with E-state index in [2.05, 4.69) is 5.32 Å². The van der Waals surface area contributed by atoms with Crippen LogP contribution in [0.4, 0.5) is 10.5 Å². The van der Waals surface area contributed by atoms with E-state index in [4.69, 9.17) is 19.9 Å². The molecule has 0 aliphatic heterocycles. The van der Waals surface area contributed by atoms with Crippen molar-refractivity contribution >= 4 is 11.8 Å². The lowest BCUT2D eigenvalue weighted by atomic mass is 9.92. The minimum Gasteiger partial charge on any atom is -0.493 e. The van der Waals surface area contributed by atoms with Gasteiger partial charge in [-0.05, 0) is 33.8 Å². The molecular formula is C16H26N2O5. The van der Waals surface area contributed by atoms with Gasteiger partial charge in [-0.15, -0.1) is 0 Å². The highest BCUT2D eigenvalue weighted by molar-refractivity contribution is 5.87. The summed E-state index contributed by atoms with van der Waals surface area (Å²) in [6.45, 7) is 6.63. The third kappa shape index (κ3) is 5.01. The highest BCUT2D eigenvalue weighted by Crippen LogP contribution is 2.37. The molecule has 1 amide bonds. The van der Waals surface area contributed by atoms with E-state index < -0.39 is 17.2 Å². The zero-order chi connectivity index (χ0) is 17.8. The standard InChI is InChI=1S/C16H26N2O5/c1-15(2,3)23-14(20)18-11-8-13(22-6)12(21-5)7-10(11)16(4,17)9-19/h7-8,19H,9,17H2,1-6H3,(H,18,20). The molecule has 1 aromatic rings. The Morgan fingerprint density at radius 3 is 2.13 bits per heavy atom. The van der Waals surface area contributed by atoms with Crippen LogP contribution >= 0.6 is 0 Å². The molecule has 0 spiro atoms. The third-order valence-corrected chi connectivity index (χ3v) is 3.10. The summed E-state index contributed by atoms with van der Waals surface area (Å²) in [5.74, 6) is 0.874. The Labute approximate surface area is 136 Å². The number of hydrogen-bond donors (Lipinski definition) is 3. The summed E-state index contributed by atoms with van der Waals surface area (Å²) in [7, 11) is 2.98. The average molecular weight is 326 g/mol. The summed E-state index contributed by atoms with van der Waals surface area (Å²) in [5.41, 5.74) is 5.29. The van der Waals surface area contributed by atoms with Crippen LogP contribution in [0.1, 0.15) is 33.3 Å². The van der Waals surface area contributed by atoms with E-state index in [0.717, 1.165) is 0 Å². The van der Waals surface area contributed by atoms with Gasteiger partial charge in [-0.1, -0.05) is 0 Å². The molecule has 0 aromatic heterocycles. The first kappa shape index (κ1) is 19.1. The number of carbonyl (C=O) groups excluding carboxylic acids is 1. The zero-order valence-corrected chi connectivity index (χ0v) is 14.5. The number of methoxy groups -OCH3 is 2. The number of carbonyl (C=O) groups is 1. The number of anilines is 1. The molecule has 0 aliphatic carbocycles. The molecule has 1 rings (SSSR count). The Balaban J connectivity index is 3.30. The monoisotopic (exact) mass is 326 g/mol. The summed E-state index contributed by atoms with van der Waals surface area (Å²) in [4.78, 5) is 12.0. The molecule has 0 heterocycles. The van der Waals surface area contributed by atoms with Gasteiger partial charge in [0.1, 0.15) is 5.60 Å². The maximum absolute atomic E-state index is 12.0. The lowest BCUT2D eigenvalue weighted by molar-refractivity contribution is 0.0635. The van der Waals surface area contributed by atoms with Gasteiger partial charge in [0, 0.05) is 11.6 Å². The van der Waals surface area contributed by atoms with Crippen molar-refractivity contribution in [3.05, 3.63) is 17.7 Å². The van der Waals surface area contributed by atoms with Crippen molar-refractivity contribution in [2.75, 3.05) is 26.1 Å². The first-order chi connectivity index (χ1) is 10.5. The highest BCUT2D eigenvalue weighted by atomic mass is 16.6. The Hall–Kier alpha value is -1.99. The van der Waals surface area contributed by atoms with Gasteiger partial charge in [0.05, 0.1) is 32.1 Å². The molecule has 7 nitrogen and oxygen atoms in total. The van der Waals surface area contributed by atoms with Crippen molar-refractivity contribution in [2.45, 2.75) is 38.8 Å². The third-order valence-electron chi connectivity index (χ3n) is 3.10. The van der Waals surface area contributed by atoms with Crippen LogP contribution in [0.25, 0.3) is 0 Å². The van der Waals surface area contributed by atoms with E-state index in [-0.39, 0.29) is 6.61 Å². The van der Waals surface area contributed by atoms with Crippen LogP contribution in [0.5, 0.6) is 11.5 Å². The summed E-state index contributed by atoms with van der Waals surface area (Å²) in [6.07, 6.45) is -0.625. The molecule has 23 heavy (non-hydrogen) atoms. The summed E-state index contributed by atoms with van der Waals surface area (Å²) < 4.78 is 15.7. The predicted molar refractivity (Wildman–Crippen MR) is 88.0 cm³/mol. The SMILES string of the molecule is COc1cc(NC(=O)OC(C)(C)C)c(C(C)(N)CO)cc1OC. The van der Waals surface area contributed by atoms with E-state index in [1.807, 2.05) is 0 Å². The van der Waals surface area contributed by atoms with Crippen molar-refractivity contribution in [1.29, 1.82) is 0 Å². The molecule has 0 fully saturated rings. The summed E-state index contributed by atoms with van der Waals surface area (Å²) >= 11 is 0. The summed E-state index contributed by atoms with van der Waals surface area (Å²) in [5, 5.41) is 12.2. The molecule has 130 valence electrons. The summed E-state index contributed by atoms with van der Waals surface area (Å²) in [6, 6.07) is 3.21. The maximum atomic E-state index is 12.0. The number of benzene rings is 1. The van der Waals surface area contributed by atoms with E-state index >= 15 is 0 Å². The van der Waals surface area contributed by atoms with Gasteiger partial charge in [-0.25, -0.2) is 4.79 Å². The molecule has 1 atom stereocenters.